The molecule has 2 rings (SSSR count). The molecule has 0 aliphatic heterocycles. The summed E-state index contributed by atoms with van der Waals surface area (Å²) >= 11 is 0. The Bertz CT molecular complexity index is 551. The average molecular weight is 269 g/mol. The van der Waals surface area contributed by atoms with E-state index in [0.29, 0.717) is 0 Å². The molecule has 3 heteroatoms. The quantitative estimate of drug-likeness (QED) is 0.853. The molecule has 0 radical (unpaired) electrons. The van der Waals surface area contributed by atoms with E-state index < -0.39 is 0 Å². The third kappa shape index (κ3) is 3.41. The average Bonchev–Trinajstić information content (AvgIpc) is 2.39. The van der Waals surface area contributed by atoms with Gasteiger partial charge in [0.15, 0.2) is 0 Å². The van der Waals surface area contributed by atoms with Gasteiger partial charge in [0.25, 0.3) is 0 Å². The van der Waals surface area contributed by atoms with Gasteiger partial charge in [-0.1, -0.05) is 34.6 Å². The predicted octanol–water partition coefficient (Wildman–Crippen LogP) is 3.69. The van der Waals surface area contributed by atoms with E-state index >= 15 is 0 Å². The smallest absolute Gasteiger partial charge is 0.133 e. The van der Waals surface area contributed by atoms with Gasteiger partial charge in [0, 0.05) is 30.2 Å². The lowest BCUT2D eigenvalue weighted by molar-refractivity contribution is 0.513. The van der Waals surface area contributed by atoms with Crippen molar-refractivity contribution in [3.63, 3.8) is 0 Å². The van der Waals surface area contributed by atoms with Gasteiger partial charge in [-0.05, 0) is 35.1 Å². The summed E-state index contributed by atoms with van der Waals surface area (Å²) in [5.74, 6) is 0.892. The van der Waals surface area contributed by atoms with Crippen molar-refractivity contribution >= 4 is 0 Å². The van der Waals surface area contributed by atoms with Crippen molar-refractivity contribution in [2.75, 3.05) is 0 Å². The number of hydrogen-bond donors (Lipinski definition) is 0. The van der Waals surface area contributed by atoms with Gasteiger partial charge in [-0.3, -0.25) is 4.98 Å². The third-order valence-corrected chi connectivity index (χ3v) is 3.48. The zero-order valence-corrected chi connectivity index (χ0v) is 13.0. The molecule has 2 aromatic rings. The maximum absolute atomic E-state index is 4.50. The van der Waals surface area contributed by atoms with Crippen LogP contribution in [0.25, 0.3) is 0 Å². The second-order valence-electron chi connectivity index (χ2n) is 6.96. The molecule has 0 saturated heterocycles. The van der Waals surface area contributed by atoms with E-state index in [1.54, 1.807) is 0 Å². The second kappa shape index (κ2) is 5.31. The first-order valence-corrected chi connectivity index (χ1v) is 7.01. The second-order valence-corrected chi connectivity index (χ2v) is 6.96. The predicted molar refractivity (Wildman–Crippen MR) is 81.7 cm³/mol. The minimum atomic E-state index is -0.000846. The van der Waals surface area contributed by atoms with Crippen LogP contribution in [-0.2, 0) is 17.3 Å². The van der Waals surface area contributed by atoms with Crippen LogP contribution < -0.4 is 0 Å². The number of aromatic nitrogens is 3. The van der Waals surface area contributed by atoms with Crippen molar-refractivity contribution in [1.29, 1.82) is 0 Å². The van der Waals surface area contributed by atoms with E-state index in [1.165, 1.54) is 11.1 Å². The fourth-order valence-corrected chi connectivity index (χ4v) is 2.25. The summed E-state index contributed by atoms with van der Waals surface area (Å²) in [6.07, 6.45) is 8.51. The van der Waals surface area contributed by atoms with E-state index in [4.69, 9.17) is 0 Å². The van der Waals surface area contributed by atoms with Crippen LogP contribution in [0.1, 0.15) is 51.6 Å². The lowest BCUT2D eigenvalue weighted by Gasteiger charge is -2.25. The van der Waals surface area contributed by atoms with Crippen LogP contribution in [0.15, 0.2) is 36.9 Å². The number of nitrogens with zero attached hydrogens (tertiary/aromatic N) is 3. The Morgan fingerprint density at radius 2 is 1.45 bits per heavy atom. The molecule has 0 saturated carbocycles. The standard InChI is InChI=1S/C17H23N3/c1-16(2,3)15-19-11-13(12-20-15)10-17(4,5)14-6-8-18-9-7-14/h6-9,11-12H,10H2,1-5H3. The molecule has 0 unspecified atom stereocenters. The van der Waals surface area contributed by atoms with Crippen molar-refractivity contribution in [1.82, 2.24) is 15.0 Å². The van der Waals surface area contributed by atoms with E-state index in [-0.39, 0.29) is 10.8 Å². The Balaban J connectivity index is 2.18. The maximum atomic E-state index is 4.50. The van der Waals surface area contributed by atoms with Crippen molar-refractivity contribution in [3.8, 4) is 0 Å². The molecule has 2 heterocycles. The Morgan fingerprint density at radius 3 is 1.95 bits per heavy atom. The molecular weight excluding hydrogens is 246 g/mol. The van der Waals surface area contributed by atoms with Crippen LogP contribution in [0.5, 0.6) is 0 Å². The molecule has 0 bridgehead atoms. The molecule has 106 valence electrons. The van der Waals surface area contributed by atoms with E-state index in [2.05, 4.69) is 61.7 Å². The molecule has 0 amide bonds. The van der Waals surface area contributed by atoms with Crippen LogP contribution in [0.4, 0.5) is 0 Å². The van der Waals surface area contributed by atoms with E-state index in [1.807, 2.05) is 24.8 Å². The molecule has 3 nitrogen and oxygen atoms in total. The van der Waals surface area contributed by atoms with Gasteiger partial charge in [-0.25, -0.2) is 9.97 Å². The zero-order chi connectivity index (χ0) is 14.8. The Morgan fingerprint density at radius 1 is 0.900 bits per heavy atom. The van der Waals surface area contributed by atoms with Crippen molar-refractivity contribution in [2.24, 2.45) is 0 Å². The van der Waals surface area contributed by atoms with Crippen LogP contribution in [0.2, 0.25) is 0 Å². The Labute approximate surface area is 121 Å². The molecule has 20 heavy (non-hydrogen) atoms. The molecule has 0 aliphatic rings. The molecule has 0 atom stereocenters. The number of hydrogen-bond acceptors (Lipinski definition) is 3. The van der Waals surface area contributed by atoms with Gasteiger partial charge < -0.3 is 0 Å². The number of rotatable bonds is 3. The Kier molecular flexibility index (Phi) is 3.89. The highest BCUT2D eigenvalue weighted by Gasteiger charge is 2.22. The van der Waals surface area contributed by atoms with Crippen molar-refractivity contribution < 1.29 is 0 Å². The largest absolute Gasteiger partial charge is 0.265 e. The lowest BCUT2D eigenvalue weighted by atomic mass is 9.80. The summed E-state index contributed by atoms with van der Waals surface area (Å²) in [6, 6.07) is 4.15. The fraction of sp³-hybridized carbons (Fsp3) is 0.471. The zero-order valence-electron chi connectivity index (χ0n) is 13.0. The molecule has 0 aromatic carbocycles. The molecular formula is C17H23N3. The van der Waals surface area contributed by atoms with Gasteiger partial charge >= 0.3 is 0 Å². The molecule has 0 fully saturated rings. The summed E-state index contributed by atoms with van der Waals surface area (Å²) in [4.78, 5) is 13.1. The summed E-state index contributed by atoms with van der Waals surface area (Å²) in [6.45, 7) is 10.9. The minimum Gasteiger partial charge on any atom is -0.265 e. The highest BCUT2D eigenvalue weighted by atomic mass is 14.9. The summed E-state index contributed by atoms with van der Waals surface area (Å²) < 4.78 is 0. The van der Waals surface area contributed by atoms with Gasteiger partial charge in [0.05, 0.1) is 0 Å². The monoisotopic (exact) mass is 269 g/mol. The molecule has 0 spiro atoms. The summed E-state index contributed by atoms with van der Waals surface area (Å²) in [5, 5.41) is 0. The van der Waals surface area contributed by atoms with Crippen LogP contribution in [-0.4, -0.2) is 15.0 Å². The molecule has 2 aromatic heterocycles. The first-order chi connectivity index (χ1) is 9.29. The van der Waals surface area contributed by atoms with E-state index in [9.17, 15) is 0 Å². The number of pyridine rings is 1. The molecule has 0 N–H and O–H groups in total. The van der Waals surface area contributed by atoms with Gasteiger partial charge in [-0.15, -0.1) is 0 Å². The van der Waals surface area contributed by atoms with Crippen LogP contribution in [0, 0.1) is 0 Å². The van der Waals surface area contributed by atoms with Crippen molar-refractivity contribution in [3.05, 3.63) is 53.9 Å². The summed E-state index contributed by atoms with van der Waals surface area (Å²) in [5.41, 5.74) is 2.50. The van der Waals surface area contributed by atoms with Gasteiger partial charge in [0.1, 0.15) is 5.82 Å². The highest BCUT2D eigenvalue weighted by molar-refractivity contribution is 5.24. The highest BCUT2D eigenvalue weighted by Crippen LogP contribution is 2.27. The third-order valence-electron chi connectivity index (χ3n) is 3.48. The maximum Gasteiger partial charge on any atom is 0.133 e. The Hall–Kier alpha value is -1.77. The fourth-order valence-electron chi connectivity index (χ4n) is 2.25. The lowest BCUT2D eigenvalue weighted by Crippen LogP contribution is -2.21. The topological polar surface area (TPSA) is 38.7 Å². The summed E-state index contributed by atoms with van der Waals surface area (Å²) in [7, 11) is 0. The van der Waals surface area contributed by atoms with Crippen LogP contribution >= 0.6 is 0 Å². The minimum absolute atomic E-state index is 0.000846. The normalized spacial score (nSPS) is 12.4. The first-order valence-electron chi connectivity index (χ1n) is 7.01. The van der Waals surface area contributed by atoms with Crippen LogP contribution in [0.3, 0.4) is 0 Å². The SMILES string of the molecule is CC(C)(C)c1ncc(CC(C)(C)c2ccncc2)cn1. The first kappa shape index (κ1) is 14.6. The van der Waals surface area contributed by atoms with E-state index in [0.717, 1.165) is 12.2 Å². The molecule has 0 aliphatic carbocycles. The van der Waals surface area contributed by atoms with Gasteiger partial charge in [0.2, 0.25) is 0 Å². The van der Waals surface area contributed by atoms with Gasteiger partial charge in [-0.2, -0.15) is 0 Å². The van der Waals surface area contributed by atoms with Crippen molar-refractivity contribution in [2.45, 2.75) is 51.9 Å².